The van der Waals surface area contributed by atoms with Crippen molar-refractivity contribution in [1.82, 2.24) is 20.0 Å². The van der Waals surface area contributed by atoms with Gasteiger partial charge in [0.05, 0.1) is 11.4 Å². The molecule has 0 unspecified atom stereocenters. The molecule has 1 atom stereocenters. The van der Waals surface area contributed by atoms with E-state index >= 15 is 0 Å². The van der Waals surface area contributed by atoms with E-state index in [4.69, 9.17) is 9.15 Å². The first-order valence-electron chi connectivity index (χ1n) is 10.4. The Bertz CT molecular complexity index is 1210. The van der Waals surface area contributed by atoms with Crippen molar-refractivity contribution >= 4 is 5.97 Å². The van der Waals surface area contributed by atoms with Crippen LogP contribution in [0.2, 0.25) is 0 Å². The average Bonchev–Trinajstić information content (AvgIpc) is 3.34. The maximum Gasteiger partial charge on any atom is 0.357 e. The molecular formula is C24H22N4O3. The Morgan fingerprint density at radius 3 is 2.55 bits per heavy atom. The fraction of sp³-hybridized carbons (Fsp3) is 0.250. The van der Waals surface area contributed by atoms with Gasteiger partial charge in [0.2, 0.25) is 5.89 Å². The van der Waals surface area contributed by atoms with Gasteiger partial charge in [0, 0.05) is 11.5 Å². The summed E-state index contributed by atoms with van der Waals surface area (Å²) in [5.41, 5.74) is 4.08. The lowest BCUT2D eigenvalue weighted by atomic mass is 10.1. The quantitative estimate of drug-likeness (QED) is 0.412. The van der Waals surface area contributed by atoms with Crippen LogP contribution in [0.3, 0.4) is 0 Å². The van der Waals surface area contributed by atoms with Crippen molar-refractivity contribution in [3.8, 4) is 17.1 Å². The second-order valence-electron chi connectivity index (χ2n) is 7.84. The van der Waals surface area contributed by atoms with Crippen LogP contribution >= 0.6 is 0 Å². The summed E-state index contributed by atoms with van der Waals surface area (Å²) in [6, 6.07) is 19.2. The van der Waals surface area contributed by atoms with Crippen LogP contribution in [0.4, 0.5) is 0 Å². The van der Waals surface area contributed by atoms with Gasteiger partial charge in [-0.2, -0.15) is 5.10 Å². The number of rotatable bonds is 6. The van der Waals surface area contributed by atoms with E-state index in [9.17, 15) is 4.79 Å². The van der Waals surface area contributed by atoms with Crippen molar-refractivity contribution in [2.24, 2.45) is 0 Å². The highest BCUT2D eigenvalue weighted by atomic mass is 16.6. The first-order valence-corrected chi connectivity index (χ1v) is 10.4. The predicted octanol–water partition coefficient (Wildman–Crippen LogP) is 5.03. The van der Waals surface area contributed by atoms with Crippen LogP contribution in [0.15, 0.2) is 65.1 Å². The van der Waals surface area contributed by atoms with Gasteiger partial charge in [-0.3, -0.25) is 0 Å². The molecule has 0 spiro atoms. The number of para-hydroxylation sites is 1. The zero-order valence-electron chi connectivity index (χ0n) is 17.4. The van der Waals surface area contributed by atoms with E-state index in [1.54, 1.807) is 11.6 Å². The molecule has 0 bridgehead atoms. The van der Waals surface area contributed by atoms with Crippen molar-refractivity contribution in [1.29, 1.82) is 0 Å². The Labute approximate surface area is 179 Å². The Balaban J connectivity index is 1.37. The van der Waals surface area contributed by atoms with E-state index in [0.29, 0.717) is 17.5 Å². The SMILES string of the molecule is Cc1ccc(-c2nnc([C@H](C)OC(=O)c3cc(C4CC4)nn3-c3ccccc3)o2)cc1. The van der Waals surface area contributed by atoms with Crippen LogP contribution in [-0.4, -0.2) is 25.9 Å². The molecular weight excluding hydrogens is 392 g/mol. The topological polar surface area (TPSA) is 83.0 Å². The van der Waals surface area contributed by atoms with Gasteiger partial charge in [-0.05, 0) is 57.0 Å². The molecule has 0 N–H and O–H groups in total. The van der Waals surface area contributed by atoms with Gasteiger partial charge in [-0.15, -0.1) is 10.2 Å². The highest BCUT2D eigenvalue weighted by molar-refractivity contribution is 5.88. The smallest absolute Gasteiger partial charge is 0.357 e. The number of benzene rings is 2. The van der Waals surface area contributed by atoms with Gasteiger partial charge in [-0.25, -0.2) is 9.48 Å². The number of hydrogen-bond acceptors (Lipinski definition) is 6. The van der Waals surface area contributed by atoms with Gasteiger partial charge in [0.15, 0.2) is 11.8 Å². The number of esters is 1. The fourth-order valence-electron chi connectivity index (χ4n) is 3.37. The van der Waals surface area contributed by atoms with Crippen molar-refractivity contribution in [3.05, 3.63) is 83.5 Å². The molecule has 1 fully saturated rings. The zero-order chi connectivity index (χ0) is 21.4. The summed E-state index contributed by atoms with van der Waals surface area (Å²) in [6.07, 6.45) is 1.50. The molecule has 0 amide bonds. The summed E-state index contributed by atoms with van der Waals surface area (Å²) in [4.78, 5) is 13.0. The lowest BCUT2D eigenvalue weighted by Crippen LogP contribution is -2.14. The van der Waals surface area contributed by atoms with E-state index in [1.165, 1.54) is 0 Å². The predicted molar refractivity (Wildman–Crippen MR) is 114 cm³/mol. The minimum Gasteiger partial charge on any atom is -0.448 e. The average molecular weight is 414 g/mol. The molecule has 0 radical (unpaired) electrons. The Morgan fingerprint density at radius 2 is 1.84 bits per heavy atom. The molecule has 2 heterocycles. The Hall–Kier alpha value is -3.74. The molecule has 1 aliphatic carbocycles. The van der Waals surface area contributed by atoms with E-state index < -0.39 is 12.1 Å². The lowest BCUT2D eigenvalue weighted by molar-refractivity contribution is 0.0269. The van der Waals surface area contributed by atoms with Gasteiger partial charge < -0.3 is 9.15 Å². The number of carbonyl (C=O) groups is 1. The standard InChI is InChI=1S/C24H22N4O3/c1-15-8-10-18(11-9-15)23-26-25-22(31-23)16(2)30-24(29)21-14-20(17-12-13-17)27-28(21)19-6-4-3-5-7-19/h3-11,14,16-17H,12-13H2,1-2H3/t16-/m0/s1. The summed E-state index contributed by atoms with van der Waals surface area (Å²) in [7, 11) is 0. The monoisotopic (exact) mass is 414 g/mol. The third kappa shape index (κ3) is 3.99. The summed E-state index contributed by atoms with van der Waals surface area (Å²) >= 11 is 0. The first-order chi connectivity index (χ1) is 15.1. The van der Waals surface area contributed by atoms with Crippen molar-refractivity contribution < 1.29 is 13.9 Å². The van der Waals surface area contributed by atoms with Crippen LogP contribution in [0, 0.1) is 6.92 Å². The molecule has 2 aromatic heterocycles. The minimum absolute atomic E-state index is 0.247. The third-order valence-corrected chi connectivity index (χ3v) is 5.30. The normalized spacial score (nSPS) is 14.4. The second-order valence-corrected chi connectivity index (χ2v) is 7.84. The van der Waals surface area contributed by atoms with E-state index in [-0.39, 0.29) is 5.89 Å². The first kappa shape index (κ1) is 19.2. The van der Waals surface area contributed by atoms with E-state index in [2.05, 4.69) is 15.3 Å². The van der Waals surface area contributed by atoms with Crippen molar-refractivity contribution in [3.63, 3.8) is 0 Å². The summed E-state index contributed by atoms with van der Waals surface area (Å²) in [5.74, 6) is 0.577. The van der Waals surface area contributed by atoms with Gasteiger partial charge >= 0.3 is 5.97 Å². The molecule has 7 heteroatoms. The Kier molecular flexibility index (Phi) is 4.86. The fourth-order valence-corrected chi connectivity index (χ4v) is 3.37. The maximum absolute atomic E-state index is 13.0. The molecule has 5 rings (SSSR count). The number of aryl methyl sites for hydroxylation is 1. The van der Waals surface area contributed by atoms with Crippen LogP contribution in [0.5, 0.6) is 0 Å². The van der Waals surface area contributed by atoms with Crippen molar-refractivity contribution in [2.75, 3.05) is 0 Å². The number of hydrogen-bond donors (Lipinski definition) is 0. The van der Waals surface area contributed by atoms with Crippen LogP contribution in [0.1, 0.15) is 59.4 Å². The number of carbonyl (C=O) groups excluding carboxylic acids is 1. The van der Waals surface area contributed by atoms with Gasteiger partial charge in [-0.1, -0.05) is 35.9 Å². The highest BCUT2D eigenvalue weighted by Gasteiger charge is 2.30. The van der Waals surface area contributed by atoms with Gasteiger partial charge in [0.25, 0.3) is 5.89 Å². The molecule has 0 saturated heterocycles. The minimum atomic E-state index is -0.692. The van der Waals surface area contributed by atoms with Gasteiger partial charge in [0.1, 0.15) is 0 Å². The third-order valence-electron chi connectivity index (χ3n) is 5.30. The highest BCUT2D eigenvalue weighted by Crippen LogP contribution is 2.40. The lowest BCUT2D eigenvalue weighted by Gasteiger charge is -2.11. The molecule has 7 nitrogen and oxygen atoms in total. The van der Waals surface area contributed by atoms with Crippen molar-refractivity contribution in [2.45, 2.75) is 38.7 Å². The second kappa shape index (κ2) is 7.83. The maximum atomic E-state index is 13.0. The molecule has 0 aliphatic heterocycles. The molecule has 4 aromatic rings. The Morgan fingerprint density at radius 1 is 1.10 bits per heavy atom. The molecule has 2 aromatic carbocycles. The summed E-state index contributed by atoms with van der Waals surface area (Å²) in [5, 5.41) is 12.8. The molecule has 31 heavy (non-hydrogen) atoms. The number of aromatic nitrogens is 4. The summed E-state index contributed by atoms with van der Waals surface area (Å²) < 4.78 is 13.1. The van der Waals surface area contributed by atoms with Crippen LogP contribution < -0.4 is 0 Å². The van der Waals surface area contributed by atoms with E-state index in [0.717, 1.165) is 35.3 Å². The molecule has 156 valence electrons. The number of nitrogens with zero attached hydrogens (tertiary/aromatic N) is 4. The molecule has 1 saturated carbocycles. The van der Waals surface area contributed by atoms with Crippen LogP contribution in [0.25, 0.3) is 17.1 Å². The largest absolute Gasteiger partial charge is 0.448 e. The zero-order valence-corrected chi connectivity index (χ0v) is 17.4. The van der Waals surface area contributed by atoms with Crippen LogP contribution in [-0.2, 0) is 4.74 Å². The van der Waals surface area contributed by atoms with E-state index in [1.807, 2.05) is 67.6 Å². The molecule has 1 aliphatic rings. The summed E-state index contributed by atoms with van der Waals surface area (Å²) in [6.45, 7) is 3.73. The number of ether oxygens (including phenoxy) is 1.